The Bertz CT molecular complexity index is 578. The van der Waals surface area contributed by atoms with Crippen LogP contribution in [0.5, 0.6) is 0 Å². The summed E-state index contributed by atoms with van der Waals surface area (Å²) in [5.74, 6) is -3.69. The molecule has 0 bridgehead atoms. The Labute approximate surface area is 160 Å². The van der Waals surface area contributed by atoms with Gasteiger partial charge in [0.2, 0.25) is 0 Å². The van der Waals surface area contributed by atoms with Crippen LogP contribution < -0.4 is 0 Å². The Morgan fingerprint density at radius 3 is 1.96 bits per heavy atom. The van der Waals surface area contributed by atoms with Gasteiger partial charge in [0.1, 0.15) is 0 Å². The van der Waals surface area contributed by atoms with Gasteiger partial charge in [0.15, 0.2) is 18.0 Å². The predicted octanol–water partition coefficient (Wildman–Crippen LogP) is 4.02. The van der Waals surface area contributed by atoms with Crippen molar-refractivity contribution in [3.8, 4) is 0 Å². The number of carbonyl (C=O) groups is 2. The van der Waals surface area contributed by atoms with Gasteiger partial charge in [-0.15, -0.1) is 0 Å². The molecule has 1 aromatic rings. The Kier molecular flexibility index (Phi) is 8.25. The van der Waals surface area contributed by atoms with Crippen molar-refractivity contribution in [2.75, 3.05) is 0 Å². The zero-order chi connectivity index (χ0) is 19.7. The molecule has 0 amide bonds. The lowest BCUT2D eigenvalue weighted by Gasteiger charge is -2.28. The summed E-state index contributed by atoms with van der Waals surface area (Å²) >= 11 is 0. The van der Waals surface area contributed by atoms with Gasteiger partial charge in [-0.3, -0.25) is 0 Å². The maximum atomic E-state index is 11.4. The van der Waals surface area contributed by atoms with Gasteiger partial charge in [0, 0.05) is 12.8 Å². The number of unbranched alkanes of at least 4 members (excludes halogenated alkanes) is 4. The molecule has 0 unspecified atom stereocenters. The predicted molar refractivity (Wildman–Crippen MR) is 101 cm³/mol. The summed E-state index contributed by atoms with van der Waals surface area (Å²) in [4.78, 5) is 22.9. The van der Waals surface area contributed by atoms with Crippen LogP contribution in [0.3, 0.4) is 0 Å². The molecule has 6 heteroatoms. The highest BCUT2D eigenvalue weighted by molar-refractivity contribution is 5.84. The summed E-state index contributed by atoms with van der Waals surface area (Å²) in [6.45, 7) is 2.11. The average Bonchev–Trinajstić information content (AvgIpc) is 3.04. The molecular weight excluding hydrogens is 348 g/mol. The van der Waals surface area contributed by atoms with Crippen LogP contribution in [0.1, 0.15) is 63.9 Å². The smallest absolute Gasteiger partial charge is 0.336 e. The van der Waals surface area contributed by atoms with Crippen LogP contribution in [0.4, 0.5) is 0 Å². The Morgan fingerprint density at radius 2 is 1.44 bits per heavy atom. The van der Waals surface area contributed by atoms with Crippen molar-refractivity contribution < 1.29 is 29.3 Å². The van der Waals surface area contributed by atoms with Crippen LogP contribution in [-0.2, 0) is 25.5 Å². The summed E-state index contributed by atoms with van der Waals surface area (Å²) in [6, 6.07) is 10.1. The first-order valence-electron chi connectivity index (χ1n) is 9.82. The summed E-state index contributed by atoms with van der Waals surface area (Å²) in [5, 5.41) is 18.7. The molecule has 0 aromatic heterocycles. The molecule has 150 valence electrons. The van der Waals surface area contributed by atoms with E-state index in [9.17, 15) is 19.8 Å². The first-order chi connectivity index (χ1) is 13.0. The third kappa shape index (κ3) is 6.33. The molecule has 1 heterocycles. The lowest BCUT2D eigenvalue weighted by atomic mass is 9.99. The molecule has 1 aliphatic heterocycles. The van der Waals surface area contributed by atoms with E-state index in [0.717, 1.165) is 44.9 Å². The van der Waals surface area contributed by atoms with Gasteiger partial charge in [-0.25, -0.2) is 9.59 Å². The summed E-state index contributed by atoms with van der Waals surface area (Å²) < 4.78 is 11.4. The van der Waals surface area contributed by atoms with E-state index in [1.165, 1.54) is 5.56 Å². The molecule has 2 rings (SSSR count). The van der Waals surface area contributed by atoms with Crippen LogP contribution in [0, 0.1) is 0 Å². The molecule has 0 saturated carbocycles. The fourth-order valence-corrected chi connectivity index (χ4v) is 3.52. The van der Waals surface area contributed by atoms with Crippen molar-refractivity contribution in [3.63, 3.8) is 0 Å². The van der Waals surface area contributed by atoms with E-state index >= 15 is 0 Å². The van der Waals surface area contributed by atoms with E-state index in [1.54, 1.807) is 0 Å². The highest BCUT2D eigenvalue weighted by Gasteiger charge is 2.53. The Morgan fingerprint density at radius 1 is 0.889 bits per heavy atom. The van der Waals surface area contributed by atoms with Gasteiger partial charge < -0.3 is 19.7 Å². The Hall–Kier alpha value is -1.92. The van der Waals surface area contributed by atoms with E-state index in [0.29, 0.717) is 12.8 Å². The topological polar surface area (TPSA) is 93.1 Å². The van der Waals surface area contributed by atoms with Gasteiger partial charge in [0.05, 0.1) is 0 Å². The second kappa shape index (κ2) is 10.4. The average molecular weight is 378 g/mol. The number of benzene rings is 1. The van der Waals surface area contributed by atoms with Crippen molar-refractivity contribution >= 4 is 11.9 Å². The van der Waals surface area contributed by atoms with E-state index in [-0.39, 0.29) is 0 Å². The zero-order valence-electron chi connectivity index (χ0n) is 15.9. The number of aryl methyl sites for hydroxylation is 1. The van der Waals surface area contributed by atoms with Crippen molar-refractivity contribution in [1.82, 2.24) is 0 Å². The second-order valence-electron chi connectivity index (χ2n) is 7.17. The van der Waals surface area contributed by atoms with Crippen LogP contribution in [0.2, 0.25) is 0 Å². The molecule has 6 nitrogen and oxygen atoms in total. The summed E-state index contributed by atoms with van der Waals surface area (Å²) in [6.07, 6.45) is 4.68. The summed E-state index contributed by atoms with van der Waals surface area (Å²) in [5.41, 5.74) is 1.24. The van der Waals surface area contributed by atoms with Crippen LogP contribution >= 0.6 is 0 Å². The maximum absolute atomic E-state index is 11.4. The molecule has 2 N–H and O–H groups in total. The molecule has 2 atom stereocenters. The van der Waals surface area contributed by atoms with Crippen LogP contribution in [0.25, 0.3) is 0 Å². The normalized spacial score (nSPS) is 21.2. The number of carboxylic acid groups (broad SMARTS) is 2. The third-order valence-corrected chi connectivity index (χ3v) is 4.97. The molecule has 27 heavy (non-hydrogen) atoms. The van der Waals surface area contributed by atoms with E-state index in [1.807, 2.05) is 18.2 Å². The fraction of sp³-hybridized carbons (Fsp3) is 0.619. The number of carboxylic acids is 2. The first-order valence-corrected chi connectivity index (χ1v) is 9.82. The Balaban J connectivity index is 1.97. The highest BCUT2D eigenvalue weighted by Crippen LogP contribution is 2.38. The van der Waals surface area contributed by atoms with Gasteiger partial charge in [0.25, 0.3) is 0 Å². The van der Waals surface area contributed by atoms with Crippen molar-refractivity contribution in [2.45, 2.75) is 82.7 Å². The van der Waals surface area contributed by atoms with E-state index in [4.69, 9.17) is 9.47 Å². The zero-order valence-corrected chi connectivity index (χ0v) is 15.9. The molecular formula is C21H30O6. The summed E-state index contributed by atoms with van der Waals surface area (Å²) in [7, 11) is 0. The van der Waals surface area contributed by atoms with Gasteiger partial charge in [-0.2, -0.15) is 0 Å². The molecule has 0 aliphatic carbocycles. The number of rotatable bonds is 12. The van der Waals surface area contributed by atoms with Crippen LogP contribution in [0.15, 0.2) is 30.3 Å². The number of hydrogen-bond donors (Lipinski definition) is 2. The lowest BCUT2D eigenvalue weighted by molar-refractivity contribution is -0.195. The SMILES string of the molecule is CCCCCCC1(CCCCc2ccccc2)O[C@@H](C(=O)O)[C@H](C(=O)O)O1. The van der Waals surface area contributed by atoms with Crippen molar-refractivity contribution in [1.29, 1.82) is 0 Å². The van der Waals surface area contributed by atoms with Crippen molar-refractivity contribution in [2.24, 2.45) is 0 Å². The quantitative estimate of drug-likeness (QED) is 0.534. The highest BCUT2D eigenvalue weighted by atomic mass is 16.8. The molecule has 0 radical (unpaired) electrons. The number of hydrogen-bond acceptors (Lipinski definition) is 4. The monoisotopic (exact) mass is 378 g/mol. The van der Waals surface area contributed by atoms with E-state index in [2.05, 4.69) is 19.1 Å². The maximum Gasteiger partial charge on any atom is 0.336 e. The first kappa shape index (κ1) is 21.4. The third-order valence-electron chi connectivity index (χ3n) is 4.97. The van der Waals surface area contributed by atoms with Gasteiger partial charge in [-0.1, -0.05) is 56.5 Å². The minimum absolute atomic E-state index is 0.500. The van der Waals surface area contributed by atoms with Crippen molar-refractivity contribution in [3.05, 3.63) is 35.9 Å². The van der Waals surface area contributed by atoms with Gasteiger partial charge >= 0.3 is 11.9 Å². The second-order valence-corrected chi connectivity index (χ2v) is 7.17. The standard InChI is InChI=1S/C21H30O6/c1-2-3-4-9-14-21(15-10-8-13-16-11-6-5-7-12-16)26-17(19(22)23)18(27-21)20(24)25/h5-7,11-12,17-18H,2-4,8-10,13-15H2,1H3,(H,22,23)(H,24,25)/t17-,18-/m1/s1. The molecule has 1 saturated heterocycles. The minimum Gasteiger partial charge on any atom is -0.479 e. The lowest BCUT2D eigenvalue weighted by Crippen LogP contribution is -2.36. The largest absolute Gasteiger partial charge is 0.479 e. The number of aliphatic carboxylic acids is 2. The molecule has 1 aromatic carbocycles. The number of ether oxygens (including phenoxy) is 2. The molecule has 1 fully saturated rings. The molecule has 1 aliphatic rings. The van der Waals surface area contributed by atoms with Crippen LogP contribution in [-0.4, -0.2) is 40.1 Å². The molecule has 0 spiro atoms. The minimum atomic E-state index is -1.46. The van der Waals surface area contributed by atoms with E-state index < -0.39 is 29.9 Å². The van der Waals surface area contributed by atoms with Gasteiger partial charge in [-0.05, 0) is 31.2 Å². The fourth-order valence-electron chi connectivity index (χ4n) is 3.52.